The first-order chi connectivity index (χ1) is 8.69. The van der Waals surface area contributed by atoms with Gasteiger partial charge in [-0.1, -0.05) is 6.92 Å². The minimum absolute atomic E-state index is 0.289. The zero-order valence-corrected chi connectivity index (χ0v) is 11.7. The Morgan fingerprint density at radius 1 is 1.42 bits per heavy atom. The molecule has 0 radical (unpaired) electrons. The Balaban J connectivity index is 2.58. The summed E-state index contributed by atoms with van der Waals surface area (Å²) in [4.78, 5) is 1.37. The molecule has 0 amide bonds. The first-order valence-electron chi connectivity index (χ1n) is 6.69. The van der Waals surface area contributed by atoms with E-state index in [0.717, 1.165) is 12.8 Å². The average molecular weight is 277 g/mol. The minimum atomic E-state index is -4.20. The molecule has 2 atom stereocenters. The molecule has 0 aromatic heterocycles. The van der Waals surface area contributed by atoms with Crippen molar-refractivity contribution >= 4 is 0 Å². The minimum Gasteiger partial charge on any atom is -0.297 e. The van der Waals surface area contributed by atoms with E-state index in [9.17, 15) is 18.4 Å². The Kier molecular flexibility index (Phi) is 5.22. The zero-order chi connectivity index (χ0) is 14.7. The van der Waals surface area contributed by atoms with Gasteiger partial charge in [0.2, 0.25) is 0 Å². The van der Waals surface area contributed by atoms with Gasteiger partial charge in [-0.15, -0.1) is 0 Å². The van der Waals surface area contributed by atoms with E-state index >= 15 is 0 Å². The topological polar surface area (TPSA) is 39.1 Å². The summed E-state index contributed by atoms with van der Waals surface area (Å²) in [5.41, 5.74) is -0.750. The van der Waals surface area contributed by atoms with E-state index in [1.165, 1.54) is 4.90 Å². The van der Waals surface area contributed by atoms with Crippen molar-refractivity contribution in [3.05, 3.63) is 0 Å². The molecule has 19 heavy (non-hydrogen) atoms. The van der Waals surface area contributed by atoms with Gasteiger partial charge in [0.25, 0.3) is 0 Å². The molecule has 3 nitrogen and oxygen atoms in total. The summed E-state index contributed by atoms with van der Waals surface area (Å²) in [6.45, 7) is 4.63. The maximum Gasteiger partial charge on any atom is 0.401 e. The molecule has 0 saturated heterocycles. The largest absolute Gasteiger partial charge is 0.401 e. The van der Waals surface area contributed by atoms with Crippen molar-refractivity contribution in [1.29, 1.82) is 5.26 Å². The third-order valence-electron chi connectivity index (χ3n) is 3.46. The van der Waals surface area contributed by atoms with Crippen LogP contribution in [0.2, 0.25) is 0 Å². The fraction of sp³-hybridized carbons (Fsp3) is 0.923. The van der Waals surface area contributed by atoms with Gasteiger partial charge >= 0.3 is 6.18 Å². The predicted molar refractivity (Wildman–Crippen MR) is 67.6 cm³/mol. The number of hydrogen-bond donors (Lipinski definition) is 1. The molecule has 1 N–H and O–H groups in total. The maximum atomic E-state index is 12.5. The van der Waals surface area contributed by atoms with Gasteiger partial charge in [0.15, 0.2) is 0 Å². The van der Waals surface area contributed by atoms with Gasteiger partial charge in [-0.25, -0.2) is 0 Å². The molecule has 2 unspecified atom stereocenters. The third kappa shape index (κ3) is 5.79. The monoisotopic (exact) mass is 277 g/mol. The van der Waals surface area contributed by atoms with Crippen LogP contribution in [0.15, 0.2) is 0 Å². The van der Waals surface area contributed by atoms with Gasteiger partial charge in [-0.3, -0.25) is 10.2 Å². The molecule has 1 aliphatic carbocycles. The molecule has 0 aromatic carbocycles. The second-order valence-corrected chi connectivity index (χ2v) is 5.59. The summed E-state index contributed by atoms with van der Waals surface area (Å²) in [6, 6.07) is 2.27. The number of alkyl halides is 3. The van der Waals surface area contributed by atoms with E-state index < -0.39 is 18.3 Å². The summed E-state index contributed by atoms with van der Waals surface area (Å²) in [5.74, 6) is 0. The first-order valence-corrected chi connectivity index (χ1v) is 6.69. The zero-order valence-electron chi connectivity index (χ0n) is 11.7. The van der Waals surface area contributed by atoms with E-state index in [-0.39, 0.29) is 6.04 Å². The smallest absolute Gasteiger partial charge is 0.297 e. The number of rotatable bonds is 7. The molecule has 0 aromatic rings. The summed E-state index contributed by atoms with van der Waals surface area (Å²) >= 11 is 0. The van der Waals surface area contributed by atoms with E-state index in [1.807, 2.05) is 0 Å². The van der Waals surface area contributed by atoms with Crippen molar-refractivity contribution in [3.8, 4) is 6.07 Å². The molecule has 0 aliphatic heterocycles. The van der Waals surface area contributed by atoms with Crippen LogP contribution in [0.4, 0.5) is 13.2 Å². The van der Waals surface area contributed by atoms with E-state index in [4.69, 9.17) is 0 Å². The van der Waals surface area contributed by atoms with Gasteiger partial charge in [-0.05, 0) is 39.7 Å². The summed E-state index contributed by atoms with van der Waals surface area (Å²) in [5, 5.41) is 12.5. The molecule has 1 fully saturated rings. The highest BCUT2D eigenvalue weighted by Gasteiger charge is 2.37. The van der Waals surface area contributed by atoms with Crippen molar-refractivity contribution in [2.24, 2.45) is 0 Å². The highest BCUT2D eigenvalue weighted by atomic mass is 19.4. The normalized spacial score (nSPS) is 20.9. The molecular formula is C13H22F3N3. The molecule has 0 spiro atoms. The number of nitrogens with one attached hydrogen (secondary N) is 1. The Morgan fingerprint density at radius 3 is 2.37 bits per heavy atom. The van der Waals surface area contributed by atoms with Gasteiger partial charge in [-0.2, -0.15) is 18.4 Å². The highest BCUT2D eigenvalue weighted by molar-refractivity contribution is 5.08. The number of hydrogen-bond acceptors (Lipinski definition) is 3. The Hall–Kier alpha value is -0.800. The van der Waals surface area contributed by atoms with Gasteiger partial charge in [0.05, 0.1) is 12.6 Å². The fourth-order valence-electron chi connectivity index (χ4n) is 2.34. The van der Waals surface area contributed by atoms with Gasteiger partial charge in [0, 0.05) is 12.1 Å². The van der Waals surface area contributed by atoms with Crippen molar-refractivity contribution in [2.45, 2.75) is 63.8 Å². The van der Waals surface area contributed by atoms with E-state index in [0.29, 0.717) is 19.0 Å². The second-order valence-electron chi connectivity index (χ2n) is 5.59. The summed E-state index contributed by atoms with van der Waals surface area (Å²) in [6.07, 6.45) is -1.71. The molecule has 1 rings (SSSR count). The van der Waals surface area contributed by atoms with Gasteiger partial charge < -0.3 is 0 Å². The lowest BCUT2D eigenvalue weighted by Crippen LogP contribution is -2.49. The van der Waals surface area contributed by atoms with Crippen molar-refractivity contribution < 1.29 is 13.2 Å². The lowest BCUT2D eigenvalue weighted by molar-refractivity contribution is -0.150. The fourth-order valence-corrected chi connectivity index (χ4v) is 2.34. The van der Waals surface area contributed by atoms with Gasteiger partial charge in [0.1, 0.15) is 5.54 Å². The van der Waals surface area contributed by atoms with Crippen LogP contribution in [0.3, 0.4) is 0 Å². The molecule has 1 aliphatic rings. The quantitative estimate of drug-likeness (QED) is 0.777. The Labute approximate surface area is 112 Å². The second kappa shape index (κ2) is 6.10. The van der Waals surface area contributed by atoms with E-state index in [1.54, 1.807) is 20.8 Å². The molecular weight excluding hydrogens is 255 g/mol. The molecule has 110 valence electrons. The van der Waals surface area contributed by atoms with Crippen molar-refractivity contribution in [1.82, 2.24) is 10.2 Å². The van der Waals surface area contributed by atoms with Crippen molar-refractivity contribution in [2.75, 3.05) is 13.1 Å². The van der Waals surface area contributed by atoms with Crippen LogP contribution in [0.5, 0.6) is 0 Å². The summed E-state index contributed by atoms with van der Waals surface area (Å²) < 4.78 is 37.4. The van der Waals surface area contributed by atoms with Crippen LogP contribution in [-0.4, -0.2) is 41.8 Å². The third-order valence-corrected chi connectivity index (χ3v) is 3.46. The standard InChI is InChI=1S/C13H22F3N3/c1-4-19(9-13(14,15)16)10(2)7-12(3,8-17)18-11-5-6-11/h10-11,18H,4-7,9H2,1-3H3. The van der Waals surface area contributed by atoms with Crippen molar-refractivity contribution in [3.63, 3.8) is 0 Å². The lowest BCUT2D eigenvalue weighted by Gasteiger charge is -2.34. The average Bonchev–Trinajstić information content (AvgIpc) is 3.08. The summed E-state index contributed by atoms with van der Waals surface area (Å²) in [7, 11) is 0. The molecule has 6 heteroatoms. The number of halogens is 3. The first kappa shape index (κ1) is 16.3. The predicted octanol–water partition coefficient (Wildman–Crippen LogP) is 2.68. The van der Waals surface area contributed by atoms with Crippen LogP contribution in [0, 0.1) is 11.3 Å². The van der Waals surface area contributed by atoms with Crippen LogP contribution >= 0.6 is 0 Å². The maximum absolute atomic E-state index is 12.5. The molecule has 1 saturated carbocycles. The van der Waals surface area contributed by atoms with E-state index in [2.05, 4.69) is 11.4 Å². The highest BCUT2D eigenvalue weighted by Crippen LogP contribution is 2.26. The van der Waals surface area contributed by atoms with Crippen LogP contribution in [0.25, 0.3) is 0 Å². The lowest BCUT2D eigenvalue weighted by atomic mass is 9.94. The van der Waals surface area contributed by atoms with Crippen LogP contribution in [0.1, 0.15) is 40.0 Å². The molecule has 0 bridgehead atoms. The Bertz CT molecular complexity index is 333. The SMILES string of the molecule is CCN(CC(F)(F)F)C(C)CC(C)(C#N)NC1CC1. The number of nitrogens with zero attached hydrogens (tertiary/aromatic N) is 2. The molecule has 0 heterocycles. The van der Waals surface area contributed by atoms with Crippen LogP contribution < -0.4 is 5.32 Å². The number of nitriles is 1. The van der Waals surface area contributed by atoms with Crippen LogP contribution in [-0.2, 0) is 0 Å². The Morgan fingerprint density at radius 2 is 2.00 bits per heavy atom.